The number of aromatic nitrogens is 2. The number of benzene rings is 2. The highest BCUT2D eigenvalue weighted by Gasteiger charge is 2.37. The van der Waals surface area contributed by atoms with Gasteiger partial charge < -0.3 is 0 Å². The number of fused-ring (bicyclic) bond motifs is 1. The average molecular weight is 496 g/mol. The average Bonchev–Trinajstić information content (AvgIpc) is 3.43. The van der Waals surface area contributed by atoms with Crippen molar-refractivity contribution in [2.75, 3.05) is 13.1 Å². The minimum absolute atomic E-state index is 0. The molecular formula is C23H22Cl3FN4O. The number of carbonyl (C=O) groups excluding carboxylic acids is 1. The van der Waals surface area contributed by atoms with Gasteiger partial charge >= 0.3 is 0 Å². The van der Waals surface area contributed by atoms with E-state index in [1.165, 1.54) is 31.4 Å². The van der Waals surface area contributed by atoms with E-state index < -0.39 is 0 Å². The number of imidazole rings is 1. The molecule has 1 aliphatic heterocycles. The highest BCUT2D eigenvalue weighted by atomic mass is 35.5. The first kappa shape index (κ1) is 23.1. The standard InChI is InChI=1S/C23H21Cl2FN4O.ClH/c24-16-4-9-19(20(25)10-16)22-27-21(13-30(22)18-7-5-17(26)6-8-18)23(31)28-29-11-14-2-1-3-15(14)12-29;/h4-10,13-15H,1-3,11-12H2,(H,28,31);1H. The van der Waals surface area contributed by atoms with E-state index in [1.54, 1.807) is 41.1 Å². The van der Waals surface area contributed by atoms with E-state index in [0.717, 1.165) is 13.1 Å². The fourth-order valence-corrected chi connectivity index (χ4v) is 5.17. The van der Waals surface area contributed by atoms with Gasteiger partial charge in [-0.3, -0.25) is 14.8 Å². The maximum atomic E-state index is 13.5. The molecule has 2 atom stereocenters. The number of rotatable bonds is 4. The van der Waals surface area contributed by atoms with Gasteiger partial charge in [-0.25, -0.2) is 14.4 Å². The molecular weight excluding hydrogens is 474 g/mol. The monoisotopic (exact) mass is 494 g/mol. The van der Waals surface area contributed by atoms with E-state index >= 15 is 0 Å². The summed E-state index contributed by atoms with van der Waals surface area (Å²) in [5.41, 5.74) is 4.57. The zero-order valence-corrected chi connectivity index (χ0v) is 19.4. The number of nitrogens with zero attached hydrogens (tertiary/aromatic N) is 3. The molecule has 2 unspecified atom stereocenters. The molecule has 168 valence electrons. The van der Waals surface area contributed by atoms with E-state index in [-0.39, 0.29) is 29.8 Å². The molecule has 9 heteroatoms. The minimum Gasteiger partial charge on any atom is -0.299 e. The SMILES string of the molecule is Cl.O=C(NN1CC2CCCC2C1)c1cn(-c2ccc(F)cc2)c(-c2ccc(Cl)cc2Cl)n1. The largest absolute Gasteiger partial charge is 0.299 e. The van der Waals surface area contributed by atoms with Gasteiger partial charge in [-0.2, -0.15) is 0 Å². The van der Waals surface area contributed by atoms with Crippen molar-refractivity contribution in [3.63, 3.8) is 0 Å². The van der Waals surface area contributed by atoms with E-state index in [2.05, 4.69) is 10.4 Å². The maximum absolute atomic E-state index is 13.5. The van der Waals surface area contributed by atoms with E-state index in [9.17, 15) is 9.18 Å². The Morgan fingerprint density at radius 1 is 1.06 bits per heavy atom. The number of nitrogens with one attached hydrogen (secondary N) is 1. The zero-order valence-electron chi connectivity index (χ0n) is 17.1. The second kappa shape index (κ2) is 9.40. The Morgan fingerprint density at radius 3 is 2.41 bits per heavy atom. The normalized spacial score (nSPS) is 20.1. The van der Waals surface area contributed by atoms with Crippen LogP contribution in [-0.4, -0.2) is 33.6 Å². The van der Waals surface area contributed by atoms with Crippen LogP contribution in [0.2, 0.25) is 10.0 Å². The first-order chi connectivity index (χ1) is 15.0. The lowest BCUT2D eigenvalue weighted by Gasteiger charge is -2.17. The first-order valence-corrected chi connectivity index (χ1v) is 11.1. The second-order valence-corrected chi connectivity index (χ2v) is 9.06. The molecule has 0 spiro atoms. The van der Waals surface area contributed by atoms with Crippen LogP contribution in [0.15, 0.2) is 48.7 Å². The summed E-state index contributed by atoms with van der Waals surface area (Å²) in [5.74, 6) is 1.21. The quantitative estimate of drug-likeness (QED) is 0.499. The number of carbonyl (C=O) groups is 1. The van der Waals surface area contributed by atoms with Crippen LogP contribution in [0.25, 0.3) is 17.1 Å². The van der Waals surface area contributed by atoms with Gasteiger partial charge in [-0.15, -0.1) is 12.4 Å². The van der Waals surface area contributed by atoms with Gasteiger partial charge in [-0.1, -0.05) is 29.6 Å². The summed E-state index contributed by atoms with van der Waals surface area (Å²) in [6.07, 6.45) is 5.40. The predicted molar refractivity (Wildman–Crippen MR) is 126 cm³/mol. The molecule has 5 nitrogen and oxygen atoms in total. The molecule has 1 saturated carbocycles. The summed E-state index contributed by atoms with van der Waals surface area (Å²) >= 11 is 12.5. The molecule has 5 rings (SSSR count). The highest BCUT2D eigenvalue weighted by molar-refractivity contribution is 6.36. The van der Waals surface area contributed by atoms with Gasteiger partial charge in [0.2, 0.25) is 0 Å². The van der Waals surface area contributed by atoms with E-state index in [4.69, 9.17) is 23.2 Å². The summed E-state index contributed by atoms with van der Waals surface area (Å²) in [4.78, 5) is 17.6. The van der Waals surface area contributed by atoms with Crippen LogP contribution in [0, 0.1) is 17.7 Å². The Morgan fingerprint density at radius 2 is 1.75 bits per heavy atom. The third-order valence-electron chi connectivity index (χ3n) is 6.20. The lowest BCUT2D eigenvalue weighted by atomic mass is 10.0. The Kier molecular flexibility index (Phi) is 6.77. The topological polar surface area (TPSA) is 50.2 Å². The Balaban J connectivity index is 0.00000245. The maximum Gasteiger partial charge on any atom is 0.285 e. The molecule has 0 radical (unpaired) electrons. The molecule has 2 heterocycles. The van der Waals surface area contributed by atoms with Crippen molar-refractivity contribution in [1.29, 1.82) is 0 Å². The summed E-state index contributed by atoms with van der Waals surface area (Å²) in [5, 5.41) is 2.93. The third-order valence-corrected chi connectivity index (χ3v) is 6.75. The minimum atomic E-state index is -0.340. The van der Waals surface area contributed by atoms with Crippen molar-refractivity contribution in [3.05, 3.63) is 70.2 Å². The molecule has 1 aromatic heterocycles. The Labute approximate surface area is 201 Å². The van der Waals surface area contributed by atoms with Gasteiger partial charge in [-0.05, 0) is 67.1 Å². The Hall–Kier alpha value is -2.12. The van der Waals surface area contributed by atoms with Gasteiger partial charge in [0.25, 0.3) is 5.91 Å². The van der Waals surface area contributed by atoms with Crippen molar-refractivity contribution in [1.82, 2.24) is 20.0 Å². The smallest absolute Gasteiger partial charge is 0.285 e. The number of hydrazine groups is 1. The van der Waals surface area contributed by atoms with Crippen molar-refractivity contribution in [2.24, 2.45) is 11.8 Å². The van der Waals surface area contributed by atoms with Crippen molar-refractivity contribution in [3.8, 4) is 17.1 Å². The lowest BCUT2D eigenvalue weighted by molar-refractivity contribution is 0.0809. The molecule has 1 saturated heterocycles. The molecule has 32 heavy (non-hydrogen) atoms. The van der Waals surface area contributed by atoms with Gasteiger partial charge in [0.1, 0.15) is 17.3 Å². The molecule has 1 aliphatic carbocycles. The van der Waals surface area contributed by atoms with Crippen LogP contribution in [0.4, 0.5) is 4.39 Å². The van der Waals surface area contributed by atoms with E-state index in [0.29, 0.717) is 39.0 Å². The fourth-order valence-electron chi connectivity index (χ4n) is 4.68. The first-order valence-electron chi connectivity index (χ1n) is 10.3. The van der Waals surface area contributed by atoms with Crippen molar-refractivity contribution < 1.29 is 9.18 Å². The van der Waals surface area contributed by atoms with Crippen molar-refractivity contribution in [2.45, 2.75) is 19.3 Å². The highest BCUT2D eigenvalue weighted by Crippen LogP contribution is 2.37. The predicted octanol–water partition coefficient (Wildman–Crippen LogP) is 5.78. The summed E-state index contributed by atoms with van der Waals surface area (Å²) in [6, 6.07) is 11.1. The van der Waals surface area contributed by atoms with Crippen LogP contribution >= 0.6 is 35.6 Å². The van der Waals surface area contributed by atoms with Crippen LogP contribution in [0.1, 0.15) is 29.8 Å². The Bertz CT molecular complexity index is 1120. The second-order valence-electron chi connectivity index (χ2n) is 8.22. The number of amides is 1. The van der Waals surface area contributed by atoms with Crippen LogP contribution < -0.4 is 5.43 Å². The van der Waals surface area contributed by atoms with Gasteiger partial charge in [0.05, 0.1) is 5.02 Å². The van der Waals surface area contributed by atoms with Gasteiger partial charge in [0.15, 0.2) is 0 Å². The number of halogens is 4. The fraction of sp³-hybridized carbons (Fsp3) is 0.304. The summed E-state index contributed by atoms with van der Waals surface area (Å²) < 4.78 is 15.2. The number of hydrogen-bond acceptors (Lipinski definition) is 3. The zero-order chi connectivity index (χ0) is 21.5. The summed E-state index contributed by atoms with van der Waals surface area (Å²) in [7, 11) is 0. The van der Waals surface area contributed by atoms with Crippen LogP contribution in [0.3, 0.4) is 0 Å². The molecule has 1 N–H and O–H groups in total. The van der Waals surface area contributed by atoms with Gasteiger partial charge in [0, 0.05) is 35.6 Å². The molecule has 2 fully saturated rings. The molecule has 0 bridgehead atoms. The van der Waals surface area contributed by atoms with Crippen LogP contribution in [0.5, 0.6) is 0 Å². The lowest BCUT2D eigenvalue weighted by Crippen LogP contribution is -2.41. The molecule has 2 aromatic carbocycles. The van der Waals surface area contributed by atoms with E-state index in [1.807, 2.05) is 5.01 Å². The molecule has 2 aliphatic rings. The summed E-state index contributed by atoms with van der Waals surface area (Å²) in [6.45, 7) is 1.76. The van der Waals surface area contributed by atoms with Crippen molar-refractivity contribution >= 4 is 41.5 Å². The van der Waals surface area contributed by atoms with Crippen LogP contribution in [-0.2, 0) is 0 Å². The third kappa shape index (κ3) is 4.50. The molecule has 1 amide bonds. The molecule has 3 aromatic rings. The number of hydrogen-bond donors (Lipinski definition) is 1.